The SMILES string of the molecule is CC(C)(CCCCCC(C(=O)O)C(C)(C)C)C(=O)O. The van der Waals surface area contributed by atoms with Crippen molar-refractivity contribution < 1.29 is 19.8 Å². The second-order valence-corrected chi connectivity index (χ2v) is 7.05. The fraction of sp³-hybridized carbons (Fsp3) is 0.867. The summed E-state index contributed by atoms with van der Waals surface area (Å²) >= 11 is 0. The summed E-state index contributed by atoms with van der Waals surface area (Å²) in [7, 11) is 0. The third kappa shape index (κ3) is 6.60. The highest BCUT2D eigenvalue weighted by atomic mass is 16.4. The molecule has 0 aliphatic rings. The molecule has 19 heavy (non-hydrogen) atoms. The minimum Gasteiger partial charge on any atom is -0.481 e. The molecule has 4 heteroatoms. The van der Waals surface area contributed by atoms with Crippen LogP contribution < -0.4 is 0 Å². The van der Waals surface area contributed by atoms with Crippen LogP contribution in [0.4, 0.5) is 0 Å². The van der Waals surface area contributed by atoms with Gasteiger partial charge in [0.05, 0.1) is 11.3 Å². The third-order valence-electron chi connectivity index (χ3n) is 3.72. The van der Waals surface area contributed by atoms with Gasteiger partial charge in [0.25, 0.3) is 0 Å². The van der Waals surface area contributed by atoms with E-state index in [-0.39, 0.29) is 11.3 Å². The van der Waals surface area contributed by atoms with Crippen LogP contribution in [-0.2, 0) is 9.59 Å². The number of unbranched alkanes of at least 4 members (excludes halogenated alkanes) is 2. The van der Waals surface area contributed by atoms with E-state index in [1.165, 1.54) is 0 Å². The number of carboxylic acid groups (broad SMARTS) is 2. The monoisotopic (exact) mass is 272 g/mol. The summed E-state index contributed by atoms with van der Waals surface area (Å²) in [5.41, 5.74) is -0.914. The van der Waals surface area contributed by atoms with E-state index in [9.17, 15) is 14.7 Å². The number of hydrogen-bond acceptors (Lipinski definition) is 2. The Labute approximate surface area is 116 Å². The smallest absolute Gasteiger partial charge is 0.309 e. The van der Waals surface area contributed by atoms with Crippen LogP contribution in [0.5, 0.6) is 0 Å². The third-order valence-corrected chi connectivity index (χ3v) is 3.72. The second-order valence-electron chi connectivity index (χ2n) is 7.05. The van der Waals surface area contributed by atoms with Crippen molar-refractivity contribution in [3.63, 3.8) is 0 Å². The molecule has 0 heterocycles. The van der Waals surface area contributed by atoms with Crippen LogP contribution in [-0.4, -0.2) is 22.2 Å². The van der Waals surface area contributed by atoms with Gasteiger partial charge in [0.1, 0.15) is 0 Å². The lowest BCUT2D eigenvalue weighted by Crippen LogP contribution is -2.28. The maximum Gasteiger partial charge on any atom is 0.309 e. The van der Waals surface area contributed by atoms with E-state index in [0.717, 1.165) is 19.3 Å². The quantitative estimate of drug-likeness (QED) is 0.659. The molecule has 0 rings (SSSR count). The predicted molar refractivity (Wildman–Crippen MR) is 75.1 cm³/mol. The summed E-state index contributed by atoms with van der Waals surface area (Å²) in [6.45, 7) is 9.28. The molecule has 0 fully saturated rings. The number of carboxylic acids is 2. The molecule has 0 aliphatic carbocycles. The Bertz CT molecular complexity index is 313. The van der Waals surface area contributed by atoms with Crippen molar-refractivity contribution in [2.24, 2.45) is 16.7 Å². The van der Waals surface area contributed by atoms with Crippen molar-refractivity contribution in [3.05, 3.63) is 0 Å². The van der Waals surface area contributed by atoms with Crippen LogP contribution in [0, 0.1) is 16.7 Å². The molecule has 1 unspecified atom stereocenters. The van der Waals surface area contributed by atoms with Gasteiger partial charge in [0.2, 0.25) is 0 Å². The Balaban J connectivity index is 4.04. The molecule has 0 aromatic carbocycles. The summed E-state index contributed by atoms with van der Waals surface area (Å²) in [5.74, 6) is -1.84. The van der Waals surface area contributed by atoms with Crippen LogP contribution in [0.25, 0.3) is 0 Å². The van der Waals surface area contributed by atoms with Crippen molar-refractivity contribution in [2.45, 2.75) is 66.7 Å². The van der Waals surface area contributed by atoms with Crippen molar-refractivity contribution in [3.8, 4) is 0 Å². The molecule has 0 saturated carbocycles. The summed E-state index contributed by atoms with van der Waals surface area (Å²) in [6, 6.07) is 0. The van der Waals surface area contributed by atoms with E-state index >= 15 is 0 Å². The highest BCUT2D eigenvalue weighted by molar-refractivity contribution is 5.73. The molecule has 0 saturated heterocycles. The van der Waals surface area contributed by atoms with Gasteiger partial charge in [-0.1, -0.05) is 40.0 Å². The van der Waals surface area contributed by atoms with Crippen LogP contribution >= 0.6 is 0 Å². The molecular formula is C15H28O4. The van der Waals surface area contributed by atoms with Crippen molar-refractivity contribution >= 4 is 11.9 Å². The first-order valence-corrected chi connectivity index (χ1v) is 6.94. The predicted octanol–water partition coefficient (Wildman–Crippen LogP) is 3.79. The average molecular weight is 272 g/mol. The standard InChI is InChI=1S/C15H28O4/c1-14(2,3)11(12(16)17)9-7-6-8-10-15(4,5)13(18)19/h11H,6-10H2,1-5H3,(H,16,17)(H,18,19). The fourth-order valence-electron chi connectivity index (χ4n) is 2.13. The molecule has 1 atom stereocenters. The molecule has 4 nitrogen and oxygen atoms in total. The normalized spacial score (nSPS) is 14.2. The van der Waals surface area contributed by atoms with Gasteiger partial charge in [-0.15, -0.1) is 0 Å². The Morgan fingerprint density at radius 3 is 1.84 bits per heavy atom. The second kappa shape index (κ2) is 6.92. The lowest BCUT2D eigenvalue weighted by Gasteiger charge is -2.27. The highest BCUT2D eigenvalue weighted by Crippen LogP contribution is 2.31. The van der Waals surface area contributed by atoms with Crippen LogP contribution in [0.2, 0.25) is 0 Å². The van der Waals surface area contributed by atoms with Gasteiger partial charge < -0.3 is 10.2 Å². The molecule has 0 aromatic rings. The lowest BCUT2D eigenvalue weighted by molar-refractivity contribution is -0.147. The molecule has 0 spiro atoms. The average Bonchev–Trinajstić information content (AvgIpc) is 2.20. The number of carbonyl (C=O) groups is 2. The maximum atomic E-state index is 11.2. The molecule has 2 N–H and O–H groups in total. The van der Waals surface area contributed by atoms with E-state index < -0.39 is 17.4 Å². The van der Waals surface area contributed by atoms with Gasteiger partial charge in [-0.2, -0.15) is 0 Å². The zero-order valence-corrected chi connectivity index (χ0v) is 12.8. The molecule has 0 amide bonds. The summed E-state index contributed by atoms with van der Waals surface area (Å²) in [6.07, 6.45) is 3.85. The first-order chi connectivity index (χ1) is 8.48. The van der Waals surface area contributed by atoms with E-state index in [4.69, 9.17) is 5.11 Å². The van der Waals surface area contributed by atoms with Gasteiger partial charge in [-0.3, -0.25) is 9.59 Å². The van der Waals surface area contributed by atoms with E-state index in [0.29, 0.717) is 12.8 Å². The summed E-state index contributed by atoms with van der Waals surface area (Å²) in [5, 5.41) is 18.2. The summed E-state index contributed by atoms with van der Waals surface area (Å²) < 4.78 is 0. The Kier molecular flexibility index (Phi) is 6.53. The Morgan fingerprint density at radius 1 is 0.947 bits per heavy atom. The molecule has 0 bridgehead atoms. The topological polar surface area (TPSA) is 74.6 Å². The molecule has 112 valence electrons. The fourth-order valence-corrected chi connectivity index (χ4v) is 2.13. The Morgan fingerprint density at radius 2 is 1.47 bits per heavy atom. The molecule has 0 aromatic heterocycles. The van der Waals surface area contributed by atoms with Crippen molar-refractivity contribution in [2.75, 3.05) is 0 Å². The van der Waals surface area contributed by atoms with Gasteiger partial charge in [-0.25, -0.2) is 0 Å². The van der Waals surface area contributed by atoms with E-state index in [1.54, 1.807) is 13.8 Å². The van der Waals surface area contributed by atoms with Gasteiger partial charge in [0.15, 0.2) is 0 Å². The molecule has 0 radical (unpaired) electrons. The summed E-state index contributed by atoms with van der Waals surface area (Å²) in [4.78, 5) is 22.1. The number of hydrogen-bond donors (Lipinski definition) is 2. The van der Waals surface area contributed by atoms with E-state index in [2.05, 4.69) is 0 Å². The molecular weight excluding hydrogens is 244 g/mol. The minimum atomic E-state index is -0.773. The van der Waals surface area contributed by atoms with Crippen molar-refractivity contribution in [1.82, 2.24) is 0 Å². The van der Waals surface area contributed by atoms with E-state index in [1.807, 2.05) is 20.8 Å². The zero-order valence-electron chi connectivity index (χ0n) is 12.8. The lowest BCUT2D eigenvalue weighted by atomic mass is 9.77. The first-order valence-electron chi connectivity index (χ1n) is 6.94. The number of aliphatic carboxylic acids is 2. The van der Waals surface area contributed by atoms with Gasteiger partial charge in [-0.05, 0) is 32.1 Å². The maximum absolute atomic E-state index is 11.2. The van der Waals surface area contributed by atoms with Gasteiger partial charge in [0, 0.05) is 0 Å². The molecule has 0 aliphatic heterocycles. The first kappa shape index (κ1) is 17.9. The highest BCUT2D eigenvalue weighted by Gasteiger charge is 2.30. The van der Waals surface area contributed by atoms with Crippen LogP contribution in [0.15, 0.2) is 0 Å². The van der Waals surface area contributed by atoms with Gasteiger partial charge >= 0.3 is 11.9 Å². The minimum absolute atomic E-state index is 0.230. The largest absolute Gasteiger partial charge is 0.481 e. The number of rotatable bonds is 8. The Hall–Kier alpha value is -1.06. The van der Waals surface area contributed by atoms with Crippen LogP contribution in [0.1, 0.15) is 66.7 Å². The zero-order chi connectivity index (χ0) is 15.3. The van der Waals surface area contributed by atoms with Crippen molar-refractivity contribution in [1.29, 1.82) is 0 Å². The van der Waals surface area contributed by atoms with Crippen LogP contribution in [0.3, 0.4) is 0 Å².